The zero-order valence-electron chi connectivity index (χ0n) is 15.9. The molecule has 1 atom stereocenters. The van der Waals surface area contributed by atoms with Crippen molar-refractivity contribution in [3.63, 3.8) is 0 Å². The fourth-order valence-corrected chi connectivity index (χ4v) is 4.35. The minimum atomic E-state index is -0.289. The highest BCUT2D eigenvalue weighted by molar-refractivity contribution is 5.78. The molecule has 1 aromatic rings. The van der Waals surface area contributed by atoms with Crippen LogP contribution < -0.4 is 10.1 Å². The van der Waals surface area contributed by atoms with Crippen LogP contribution in [0.3, 0.4) is 0 Å². The molecule has 146 valence electrons. The molecule has 2 amide bonds. The molecule has 3 aliphatic rings. The lowest BCUT2D eigenvalue weighted by molar-refractivity contribution is -0.139. The van der Waals surface area contributed by atoms with Gasteiger partial charge in [0.05, 0.1) is 0 Å². The molecule has 1 spiro atoms. The van der Waals surface area contributed by atoms with E-state index in [0.29, 0.717) is 25.6 Å². The first-order chi connectivity index (χ1) is 13.1. The number of para-hydroxylation sites is 1. The monoisotopic (exact) mass is 372 g/mol. The third-order valence-electron chi connectivity index (χ3n) is 5.97. The standard InChI is InChI=1S/C21H28N2O4/c1-26-14-20(25)23-10-8-21(9-11-23)13-15(12-19(24)22-16-6-7-16)17-4-2-3-5-18(17)27-21/h2-5,15-16H,6-14H2,1H3,(H,22,24)/t15-/m0/s1. The van der Waals surface area contributed by atoms with Crippen LogP contribution in [-0.4, -0.2) is 55.2 Å². The molecule has 6 heteroatoms. The maximum absolute atomic E-state index is 12.4. The Morgan fingerprint density at radius 1 is 1.26 bits per heavy atom. The first-order valence-corrected chi connectivity index (χ1v) is 9.92. The molecular formula is C21H28N2O4. The van der Waals surface area contributed by atoms with Gasteiger partial charge in [0.2, 0.25) is 11.8 Å². The molecule has 0 radical (unpaired) electrons. The maximum atomic E-state index is 12.4. The number of rotatable bonds is 5. The molecule has 1 N–H and O–H groups in total. The smallest absolute Gasteiger partial charge is 0.248 e. The van der Waals surface area contributed by atoms with E-state index in [1.54, 1.807) is 7.11 Å². The van der Waals surface area contributed by atoms with Gasteiger partial charge in [-0.15, -0.1) is 0 Å². The van der Waals surface area contributed by atoms with Crippen LogP contribution in [0.4, 0.5) is 0 Å². The van der Waals surface area contributed by atoms with Crippen molar-refractivity contribution >= 4 is 11.8 Å². The molecular weight excluding hydrogens is 344 g/mol. The lowest BCUT2D eigenvalue weighted by Gasteiger charge is -2.47. The highest BCUT2D eigenvalue weighted by Gasteiger charge is 2.44. The summed E-state index contributed by atoms with van der Waals surface area (Å²) >= 11 is 0. The molecule has 2 fully saturated rings. The Morgan fingerprint density at radius 2 is 2.00 bits per heavy atom. The first kappa shape index (κ1) is 18.3. The summed E-state index contributed by atoms with van der Waals surface area (Å²) in [6.07, 6.45) is 5.12. The Bertz CT molecular complexity index is 708. The second-order valence-corrected chi connectivity index (χ2v) is 8.08. The topological polar surface area (TPSA) is 67.9 Å². The summed E-state index contributed by atoms with van der Waals surface area (Å²) in [6.45, 7) is 1.47. The predicted octanol–water partition coefficient (Wildman–Crippen LogP) is 2.23. The summed E-state index contributed by atoms with van der Waals surface area (Å²) in [7, 11) is 1.54. The number of ether oxygens (including phenoxy) is 2. The van der Waals surface area contributed by atoms with E-state index in [1.807, 2.05) is 23.1 Å². The van der Waals surface area contributed by atoms with Crippen molar-refractivity contribution in [2.24, 2.45) is 0 Å². The van der Waals surface area contributed by atoms with Gasteiger partial charge in [0.1, 0.15) is 18.0 Å². The molecule has 6 nitrogen and oxygen atoms in total. The number of likely N-dealkylation sites (tertiary alicyclic amines) is 1. The normalized spacial score (nSPS) is 23.4. The average molecular weight is 372 g/mol. The van der Waals surface area contributed by atoms with E-state index in [1.165, 1.54) is 0 Å². The largest absolute Gasteiger partial charge is 0.487 e. The minimum Gasteiger partial charge on any atom is -0.487 e. The van der Waals surface area contributed by atoms with Crippen LogP contribution in [0.1, 0.15) is 50.0 Å². The summed E-state index contributed by atoms with van der Waals surface area (Å²) in [4.78, 5) is 26.4. The number of carbonyl (C=O) groups is 2. The van der Waals surface area contributed by atoms with Gasteiger partial charge >= 0.3 is 0 Å². The fourth-order valence-electron chi connectivity index (χ4n) is 4.35. The zero-order valence-corrected chi connectivity index (χ0v) is 15.9. The van der Waals surface area contributed by atoms with Crippen LogP contribution in [0.25, 0.3) is 0 Å². The van der Waals surface area contributed by atoms with E-state index >= 15 is 0 Å². The fraction of sp³-hybridized carbons (Fsp3) is 0.619. The third kappa shape index (κ3) is 4.10. The Morgan fingerprint density at radius 3 is 2.70 bits per heavy atom. The van der Waals surface area contributed by atoms with Gasteiger partial charge in [-0.2, -0.15) is 0 Å². The Labute approximate surface area is 160 Å². The van der Waals surface area contributed by atoms with E-state index in [4.69, 9.17) is 9.47 Å². The number of methoxy groups -OCH3 is 1. The SMILES string of the molecule is COCC(=O)N1CCC2(CC1)C[C@H](CC(=O)NC1CC1)c1ccccc1O2. The zero-order chi connectivity index (χ0) is 18.9. The van der Waals surface area contributed by atoms with Crippen molar-refractivity contribution < 1.29 is 19.1 Å². The van der Waals surface area contributed by atoms with E-state index in [0.717, 1.165) is 43.4 Å². The molecule has 4 rings (SSSR count). The number of carbonyl (C=O) groups excluding carboxylic acids is 2. The van der Waals surface area contributed by atoms with Gasteiger partial charge in [0.15, 0.2) is 0 Å². The quantitative estimate of drug-likeness (QED) is 0.861. The molecule has 1 saturated carbocycles. The van der Waals surface area contributed by atoms with Crippen molar-refractivity contribution in [2.45, 2.75) is 56.1 Å². The number of amides is 2. The minimum absolute atomic E-state index is 0.0314. The molecule has 2 heterocycles. The number of benzene rings is 1. The lowest BCUT2D eigenvalue weighted by Crippen LogP contribution is -2.52. The van der Waals surface area contributed by atoms with Crippen LogP contribution in [0.5, 0.6) is 5.75 Å². The number of fused-ring (bicyclic) bond motifs is 1. The molecule has 2 aliphatic heterocycles. The average Bonchev–Trinajstić information content (AvgIpc) is 3.46. The third-order valence-corrected chi connectivity index (χ3v) is 5.97. The molecule has 1 aliphatic carbocycles. The molecule has 0 bridgehead atoms. The second-order valence-electron chi connectivity index (χ2n) is 8.08. The number of piperidine rings is 1. The summed E-state index contributed by atoms with van der Waals surface area (Å²) < 4.78 is 11.4. The number of hydrogen-bond donors (Lipinski definition) is 1. The Hall–Kier alpha value is -2.08. The Balaban J connectivity index is 1.47. The van der Waals surface area contributed by atoms with E-state index < -0.39 is 0 Å². The van der Waals surface area contributed by atoms with Crippen LogP contribution in [0.15, 0.2) is 24.3 Å². The van der Waals surface area contributed by atoms with Gasteiger partial charge in [-0.05, 0) is 30.9 Å². The van der Waals surface area contributed by atoms with Crippen LogP contribution in [0.2, 0.25) is 0 Å². The van der Waals surface area contributed by atoms with E-state index in [-0.39, 0.29) is 29.9 Å². The second kappa shape index (κ2) is 7.50. The van der Waals surface area contributed by atoms with Gasteiger partial charge < -0.3 is 19.7 Å². The molecule has 0 aromatic heterocycles. The molecule has 0 unspecified atom stereocenters. The van der Waals surface area contributed by atoms with Crippen LogP contribution >= 0.6 is 0 Å². The lowest BCUT2D eigenvalue weighted by atomic mass is 9.76. The van der Waals surface area contributed by atoms with Crippen molar-refractivity contribution in [1.82, 2.24) is 10.2 Å². The number of nitrogens with zero attached hydrogens (tertiary/aromatic N) is 1. The van der Waals surface area contributed by atoms with E-state index in [9.17, 15) is 9.59 Å². The van der Waals surface area contributed by atoms with Crippen LogP contribution in [0, 0.1) is 0 Å². The van der Waals surface area contributed by atoms with Crippen molar-refractivity contribution in [3.05, 3.63) is 29.8 Å². The van der Waals surface area contributed by atoms with Crippen molar-refractivity contribution in [2.75, 3.05) is 26.8 Å². The summed E-state index contributed by atoms with van der Waals surface area (Å²) in [6, 6.07) is 8.46. The van der Waals surface area contributed by atoms with Gasteiger partial charge in [-0.3, -0.25) is 9.59 Å². The maximum Gasteiger partial charge on any atom is 0.248 e. The molecule has 1 aromatic carbocycles. The van der Waals surface area contributed by atoms with Crippen molar-refractivity contribution in [3.8, 4) is 5.75 Å². The van der Waals surface area contributed by atoms with E-state index in [2.05, 4.69) is 11.4 Å². The predicted molar refractivity (Wildman–Crippen MR) is 101 cm³/mol. The number of hydrogen-bond acceptors (Lipinski definition) is 4. The molecule has 27 heavy (non-hydrogen) atoms. The highest BCUT2D eigenvalue weighted by Crippen LogP contribution is 2.46. The van der Waals surface area contributed by atoms with Gasteiger partial charge in [0, 0.05) is 51.4 Å². The van der Waals surface area contributed by atoms with Crippen molar-refractivity contribution in [1.29, 1.82) is 0 Å². The molecule has 1 saturated heterocycles. The summed E-state index contributed by atoms with van der Waals surface area (Å²) in [5.41, 5.74) is 0.842. The number of nitrogens with one attached hydrogen (secondary N) is 1. The summed E-state index contributed by atoms with van der Waals surface area (Å²) in [5.74, 6) is 1.23. The first-order valence-electron chi connectivity index (χ1n) is 9.92. The highest BCUT2D eigenvalue weighted by atomic mass is 16.5. The Kier molecular flexibility index (Phi) is 5.08. The van der Waals surface area contributed by atoms with Gasteiger partial charge in [-0.25, -0.2) is 0 Å². The van der Waals surface area contributed by atoms with Gasteiger partial charge in [0.25, 0.3) is 0 Å². The summed E-state index contributed by atoms with van der Waals surface area (Å²) in [5, 5.41) is 3.11. The van der Waals surface area contributed by atoms with Crippen LogP contribution in [-0.2, 0) is 14.3 Å². The van der Waals surface area contributed by atoms with Gasteiger partial charge in [-0.1, -0.05) is 18.2 Å².